The molecule has 1 heterocycles. The number of nitrogens with zero attached hydrogens (tertiary/aromatic N) is 1. The molecule has 0 saturated carbocycles. The molecule has 110 valence electrons. The number of pyridine rings is 1. The van der Waals surface area contributed by atoms with Crippen LogP contribution >= 0.6 is 15.9 Å². The second kappa shape index (κ2) is 7.78. The van der Waals surface area contributed by atoms with Gasteiger partial charge in [-0.05, 0) is 36.2 Å². The monoisotopic (exact) mass is 347 g/mol. The van der Waals surface area contributed by atoms with Crippen LogP contribution in [0, 0.1) is 0 Å². The van der Waals surface area contributed by atoms with E-state index in [-0.39, 0.29) is 5.91 Å². The average molecular weight is 348 g/mol. The molecule has 1 amide bonds. The van der Waals surface area contributed by atoms with Gasteiger partial charge >= 0.3 is 0 Å². The summed E-state index contributed by atoms with van der Waals surface area (Å²) in [6, 6.07) is 11.4. The smallest absolute Gasteiger partial charge is 0.255 e. The molecule has 2 rings (SSSR count). The fourth-order valence-corrected chi connectivity index (χ4v) is 2.12. The number of rotatable bonds is 6. The van der Waals surface area contributed by atoms with Crippen LogP contribution in [0.15, 0.2) is 47.1 Å². The van der Waals surface area contributed by atoms with Gasteiger partial charge in [0.15, 0.2) is 0 Å². The fourth-order valence-electron chi connectivity index (χ4n) is 1.85. The van der Waals surface area contributed by atoms with Crippen LogP contribution in [-0.4, -0.2) is 17.4 Å². The largest absolute Gasteiger partial charge is 0.369 e. The summed E-state index contributed by atoms with van der Waals surface area (Å²) in [6.07, 6.45) is 2.67. The van der Waals surface area contributed by atoms with E-state index >= 15 is 0 Å². The molecule has 0 aliphatic heterocycles. The molecule has 4 nitrogen and oxygen atoms in total. The standard InChI is InChI=1S/C16H18BrN3O/c1-2-9-18-15-14(4-3-10-19-15)16(21)20-11-12-5-7-13(17)8-6-12/h3-8,10H,2,9,11H2,1H3,(H,18,19)(H,20,21). The Kier molecular flexibility index (Phi) is 5.75. The Morgan fingerprint density at radius 2 is 2.00 bits per heavy atom. The minimum absolute atomic E-state index is 0.121. The molecular formula is C16H18BrN3O. The molecule has 0 fully saturated rings. The van der Waals surface area contributed by atoms with Gasteiger partial charge in [-0.2, -0.15) is 0 Å². The molecule has 0 spiro atoms. The van der Waals surface area contributed by atoms with Crippen molar-refractivity contribution in [1.29, 1.82) is 0 Å². The molecule has 0 radical (unpaired) electrons. The Hall–Kier alpha value is -1.88. The van der Waals surface area contributed by atoms with Gasteiger partial charge in [0.05, 0.1) is 5.56 Å². The zero-order valence-corrected chi connectivity index (χ0v) is 13.5. The molecule has 0 unspecified atom stereocenters. The van der Waals surface area contributed by atoms with Crippen molar-refractivity contribution < 1.29 is 4.79 Å². The second-order valence-corrected chi connectivity index (χ2v) is 5.55. The lowest BCUT2D eigenvalue weighted by Crippen LogP contribution is -2.24. The summed E-state index contributed by atoms with van der Waals surface area (Å²) in [5.74, 6) is 0.511. The number of benzene rings is 1. The average Bonchev–Trinajstić information content (AvgIpc) is 2.52. The molecule has 2 aromatic rings. The van der Waals surface area contributed by atoms with Crippen LogP contribution in [0.25, 0.3) is 0 Å². The maximum atomic E-state index is 12.3. The normalized spacial score (nSPS) is 10.2. The summed E-state index contributed by atoms with van der Waals surface area (Å²) >= 11 is 3.39. The Morgan fingerprint density at radius 1 is 1.24 bits per heavy atom. The molecule has 5 heteroatoms. The van der Waals surface area contributed by atoms with Gasteiger partial charge in [0.25, 0.3) is 5.91 Å². The number of hydrogen-bond donors (Lipinski definition) is 2. The quantitative estimate of drug-likeness (QED) is 0.839. The Balaban J connectivity index is 2.01. The fraction of sp³-hybridized carbons (Fsp3) is 0.250. The predicted octanol–water partition coefficient (Wildman–Crippen LogP) is 3.60. The van der Waals surface area contributed by atoms with Crippen molar-refractivity contribution in [2.75, 3.05) is 11.9 Å². The highest BCUT2D eigenvalue weighted by Crippen LogP contribution is 2.13. The van der Waals surface area contributed by atoms with E-state index in [0.717, 1.165) is 23.0 Å². The Bertz CT molecular complexity index is 599. The van der Waals surface area contributed by atoms with E-state index in [1.165, 1.54) is 0 Å². The number of amides is 1. The van der Waals surface area contributed by atoms with Crippen molar-refractivity contribution in [2.45, 2.75) is 19.9 Å². The first-order valence-electron chi connectivity index (χ1n) is 6.92. The lowest BCUT2D eigenvalue weighted by Gasteiger charge is -2.10. The second-order valence-electron chi connectivity index (χ2n) is 4.64. The van der Waals surface area contributed by atoms with Crippen LogP contribution in [0.2, 0.25) is 0 Å². The van der Waals surface area contributed by atoms with Crippen molar-refractivity contribution in [3.8, 4) is 0 Å². The van der Waals surface area contributed by atoms with E-state index in [1.54, 1.807) is 18.3 Å². The van der Waals surface area contributed by atoms with E-state index in [0.29, 0.717) is 17.9 Å². The molecule has 2 N–H and O–H groups in total. The van der Waals surface area contributed by atoms with Crippen LogP contribution in [0.4, 0.5) is 5.82 Å². The van der Waals surface area contributed by atoms with Crippen molar-refractivity contribution >= 4 is 27.7 Å². The highest BCUT2D eigenvalue weighted by molar-refractivity contribution is 9.10. The van der Waals surface area contributed by atoms with E-state index in [2.05, 4.69) is 38.5 Å². The summed E-state index contributed by atoms with van der Waals surface area (Å²) in [7, 11) is 0. The van der Waals surface area contributed by atoms with Gasteiger partial charge in [-0.1, -0.05) is 35.0 Å². The number of halogens is 1. The minimum Gasteiger partial charge on any atom is -0.369 e. The molecule has 1 aromatic heterocycles. The van der Waals surface area contributed by atoms with Crippen molar-refractivity contribution in [1.82, 2.24) is 10.3 Å². The molecule has 0 atom stereocenters. The number of hydrogen-bond acceptors (Lipinski definition) is 3. The highest BCUT2D eigenvalue weighted by Gasteiger charge is 2.11. The highest BCUT2D eigenvalue weighted by atomic mass is 79.9. The van der Waals surface area contributed by atoms with Gasteiger partial charge in [-0.25, -0.2) is 4.98 Å². The third-order valence-electron chi connectivity index (χ3n) is 2.96. The number of nitrogens with one attached hydrogen (secondary N) is 2. The van der Waals surface area contributed by atoms with Crippen molar-refractivity contribution in [2.24, 2.45) is 0 Å². The van der Waals surface area contributed by atoms with Gasteiger partial charge in [-0.15, -0.1) is 0 Å². The van der Waals surface area contributed by atoms with E-state index in [9.17, 15) is 4.79 Å². The first kappa shape index (κ1) is 15.5. The predicted molar refractivity (Wildman–Crippen MR) is 88.3 cm³/mol. The summed E-state index contributed by atoms with van der Waals surface area (Å²) in [5, 5.41) is 6.09. The molecule has 1 aromatic carbocycles. The van der Waals surface area contributed by atoms with Crippen molar-refractivity contribution in [3.63, 3.8) is 0 Å². The third-order valence-corrected chi connectivity index (χ3v) is 3.49. The number of carbonyl (C=O) groups excluding carboxylic acids is 1. The van der Waals surface area contributed by atoms with Gasteiger partial charge in [-0.3, -0.25) is 4.79 Å². The first-order chi connectivity index (χ1) is 10.2. The third kappa shape index (κ3) is 4.56. The van der Waals surface area contributed by atoms with E-state index in [4.69, 9.17) is 0 Å². The van der Waals surface area contributed by atoms with Crippen LogP contribution in [0.3, 0.4) is 0 Å². The Labute approximate surface area is 133 Å². The molecule has 21 heavy (non-hydrogen) atoms. The zero-order valence-electron chi connectivity index (χ0n) is 11.9. The molecule has 0 bridgehead atoms. The summed E-state index contributed by atoms with van der Waals surface area (Å²) in [4.78, 5) is 16.5. The minimum atomic E-state index is -0.121. The summed E-state index contributed by atoms with van der Waals surface area (Å²) in [6.45, 7) is 3.36. The first-order valence-corrected chi connectivity index (χ1v) is 7.71. The van der Waals surface area contributed by atoms with E-state index in [1.807, 2.05) is 24.3 Å². The van der Waals surface area contributed by atoms with E-state index < -0.39 is 0 Å². The SMILES string of the molecule is CCCNc1ncccc1C(=O)NCc1ccc(Br)cc1. The van der Waals surface area contributed by atoms with Gasteiger partial charge in [0.2, 0.25) is 0 Å². The number of carbonyl (C=O) groups is 1. The molecule has 0 aliphatic rings. The van der Waals surface area contributed by atoms with Crippen molar-refractivity contribution in [3.05, 3.63) is 58.2 Å². The topological polar surface area (TPSA) is 54.0 Å². The summed E-state index contributed by atoms with van der Waals surface area (Å²) < 4.78 is 1.02. The Morgan fingerprint density at radius 3 is 2.71 bits per heavy atom. The lowest BCUT2D eigenvalue weighted by atomic mass is 10.2. The van der Waals surface area contributed by atoms with Crippen LogP contribution in [0.1, 0.15) is 29.3 Å². The van der Waals surface area contributed by atoms with Gasteiger partial charge in [0, 0.05) is 23.8 Å². The maximum absolute atomic E-state index is 12.3. The van der Waals surface area contributed by atoms with Gasteiger partial charge < -0.3 is 10.6 Å². The molecule has 0 aliphatic carbocycles. The maximum Gasteiger partial charge on any atom is 0.255 e. The number of anilines is 1. The van der Waals surface area contributed by atoms with Gasteiger partial charge in [0.1, 0.15) is 5.82 Å². The van der Waals surface area contributed by atoms with Crippen LogP contribution in [-0.2, 0) is 6.54 Å². The van der Waals surface area contributed by atoms with Crippen LogP contribution < -0.4 is 10.6 Å². The zero-order chi connectivity index (χ0) is 15.1. The molecule has 0 saturated heterocycles. The van der Waals surface area contributed by atoms with Crippen LogP contribution in [0.5, 0.6) is 0 Å². The summed E-state index contributed by atoms with van der Waals surface area (Å²) in [5.41, 5.74) is 1.63. The number of aromatic nitrogens is 1. The molecular weight excluding hydrogens is 330 g/mol. The lowest BCUT2D eigenvalue weighted by molar-refractivity contribution is 0.0951.